The zero-order chi connectivity index (χ0) is 13.0. The van der Waals surface area contributed by atoms with E-state index >= 15 is 0 Å². The molecule has 0 radical (unpaired) electrons. The number of benzene rings is 1. The number of halogens is 1. The van der Waals surface area contributed by atoms with Crippen LogP contribution in [0.2, 0.25) is 0 Å². The zero-order valence-corrected chi connectivity index (χ0v) is 11.8. The van der Waals surface area contributed by atoms with Crippen LogP contribution in [-0.2, 0) is 0 Å². The number of hydrogen-bond acceptors (Lipinski definition) is 3. The molecule has 1 rings (SSSR count). The van der Waals surface area contributed by atoms with Gasteiger partial charge in [-0.3, -0.25) is 0 Å². The first-order valence-corrected chi connectivity index (χ1v) is 6.13. The summed E-state index contributed by atoms with van der Waals surface area (Å²) in [5, 5.41) is 12.2. The maximum absolute atomic E-state index is 10.8. The van der Waals surface area contributed by atoms with E-state index in [1.165, 1.54) is 0 Å². The third-order valence-electron chi connectivity index (χ3n) is 2.26. The van der Waals surface area contributed by atoms with Gasteiger partial charge in [0.25, 0.3) is 0 Å². The molecule has 0 bridgehead atoms. The first-order valence-electron chi connectivity index (χ1n) is 5.34. The number of carboxylic acid groups (broad SMARTS) is 1. The quantitative estimate of drug-likeness (QED) is 0.877. The van der Waals surface area contributed by atoms with E-state index in [1.54, 1.807) is 18.2 Å². The largest absolute Gasteiger partial charge is 0.478 e. The lowest BCUT2D eigenvalue weighted by Gasteiger charge is -2.20. The number of aromatic carboxylic acids is 1. The highest BCUT2D eigenvalue weighted by atomic mass is 79.9. The lowest BCUT2D eigenvalue weighted by atomic mass is 10.2. The van der Waals surface area contributed by atoms with Gasteiger partial charge < -0.3 is 15.3 Å². The maximum Gasteiger partial charge on any atom is 0.335 e. The Hall–Kier alpha value is -1.07. The van der Waals surface area contributed by atoms with Gasteiger partial charge in [0.1, 0.15) is 0 Å². The van der Waals surface area contributed by atoms with Gasteiger partial charge in [-0.25, -0.2) is 4.79 Å². The van der Waals surface area contributed by atoms with Crippen LogP contribution in [0.3, 0.4) is 0 Å². The minimum absolute atomic E-state index is 0.280. The van der Waals surface area contributed by atoms with Crippen LogP contribution in [0.25, 0.3) is 0 Å². The predicted molar refractivity (Wildman–Crippen MR) is 72.7 cm³/mol. The van der Waals surface area contributed by atoms with Gasteiger partial charge in [-0.05, 0) is 55.1 Å². The SMILES string of the molecule is CC(CN(C)C)Nc1ccc(C(=O)O)cc1Br. The molecule has 0 aliphatic heterocycles. The van der Waals surface area contributed by atoms with Crippen molar-refractivity contribution in [3.05, 3.63) is 28.2 Å². The first kappa shape index (κ1) is 14.0. The molecule has 1 atom stereocenters. The molecule has 0 spiro atoms. The summed E-state index contributed by atoms with van der Waals surface area (Å²) < 4.78 is 0.767. The Labute approximate surface area is 110 Å². The summed E-state index contributed by atoms with van der Waals surface area (Å²) in [6.45, 7) is 2.99. The highest BCUT2D eigenvalue weighted by Gasteiger charge is 2.09. The van der Waals surface area contributed by atoms with E-state index in [0.717, 1.165) is 16.7 Å². The monoisotopic (exact) mass is 300 g/mol. The summed E-state index contributed by atoms with van der Waals surface area (Å²) in [6.07, 6.45) is 0. The molecule has 94 valence electrons. The molecule has 1 unspecified atom stereocenters. The Balaban J connectivity index is 2.75. The van der Waals surface area contributed by atoms with Crippen LogP contribution < -0.4 is 5.32 Å². The van der Waals surface area contributed by atoms with Gasteiger partial charge in [0.2, 0.25) is 0 Å². The van der Waals surface area contributed by atoms with E-state index in [2.05, 4.69) is 33.1 Å². The Morgan fingerprint density at radius 1 is 1.53 bits per heavy atom. The van der Waals surface area contributed by atoms with Crippen molar-refractivity contribution in [2.45, 2.75) is 13.0 Å². The second-order valence-corrected chi connectivity index (χ2v) is 5.16. The molecule has 1 aromatic rings. The van der Waals surface area contributed by atoms with Crippen molar-refractivity contribution < 1.29 is 9.90 Å². The fraction of sp³-hybridized carbons (Fsp3) is 0.417. The zero-order valence-electron chi connectivity index (χ0n) is 10.2. The molecule has 1 aromatic carbocycles. The van der Waals surface area contributed by atoms with Crippen molar-refractivity contribution in [1.29, 1.82) is 0 Å². The molecule has 5 heteroatoms. The Morgan fingerprint density at radius 3 is 2.65 bits per heavy atom. The number of hydrogen-bond donors (Lipinski definition) is 2. The van der Waals surface area contributed by atoms with Gasteiger partial charge in [0.15, 0.2) is 0 Å². The number of carboxylic acids is 1. The van der Waals surface area contributed by atoms with Crippen LogP contribution in [0.15, 0.2) is 22.7 Å². The van der Waals surface area contributed by atoms with Gasteiger partial charge >= 0.3 is 5.97 Å². The highest BCUT2D eigenvalue weighted by molar-refractivity contribution is 9.10. The first-order chi connectivity index (χ1) is 7.90. The second-order valence-electron chi connectivity index (χ2n) is 4.31. The number of nitrogens with one attached hydrogen (secondary N) is 1. The molecule has 0 fully saturated rings. The van der Waals surface area contributed by atoms with Gasteiger partial charge in [0.05, 0.1) is 5.56 Å². The number of nitrogens with zero attached hydrogens (tertiary/aromatic N) is 1. The average molecular weight is 301 g/mol. The number of likely N-dealkylation sites (N-methyl/N-ethyl adjacent to an activating group) is 1. The summed E-state index contributed by atoms with van der Waals surface area (Å²) in [5.74, 6) is -0.918. The summed E-state index contributed by atoms with van der Waals surface area (Å²) in [5.41, 5.74) is 1.19. The van der Waals surface area contributed by atoms with E-state index < -0.39 is 5.97 Å². The highest BCUT2D eigenvalue weighted by Crippen LogP contribution is 2.24. The van der Waals surface area contributed by atoms with Gasteiger partial charge in [-0.2, -0.15) is 0 Å². The van der Waals surface area contributed by atoms with Crippen LogP contribution in [0, 0.1) is 0 Å². The Bertz CT molecular complexity index is 407. The van der Waals surface area contributed by atoms with Gasteiger partial charge in [-0.15, -0.1) is 0 Å². The summed E-state index contributed by atoms with van der Waals surface area (Å²) >= 11 is 3.37. The third kappa shape index (κ3) is 4.36. The molecule has 0 heterocycles. The van der Waals surface area contributed by atoms with E-state index in [1.807, 2.05) is 14.1 Å². The van der Waals surface area contributed by atoms with Crippen molar-refractivity contribution in [3.63, 3.8) is 0 Å². The van der Waals surface area contributed by atoms with Crippen LogP contribution in [0.5, 0.6) is 0 Å². The molecule has 0 saturated heterocycles. The fourth-order valence-corrected chi connectivity index (χ4v) is 2.12. The third-order valence-corrected chi connectivity index (χ3v) is 2.91. The molecule has 0 aliphatic carbocycles. The lowest BCUT2D eigenvalue weighted by molar-refractivity contribution is 0.0697. The molecule has 0 saturated carbocycles. The minimum Gasteiger partial charge on any atom is -0.478 e. The van der Waals surface area contributed by atoms with Crippen molar-refractivity contribution in [3.8, 4) is 0 Å². The summed E-state index contributed by atoms with van der Waals surface area (Å²) in [7, 11) is 4.03. The maximum atomic E-state index is 10.8. The molecule has 0 aromatic heterocycles. The van der Waals surface area contributed by atoms with Crippen molar-refractivity contribution >= 4 is 27.6 Å². The van der Waals surface area contributed by atoms with Crippen molar-refractivity contribution in [1.82, 2.24) is 4.90 Å². The standard InChI is InChI=1S/C12H17BrN2O2/c1-8(7-15(2)3)14-11-5-4-9(12(16)17)6-10(11)13/h4-6,8,14H,7H2,1-3H3,(H,16,17). The van der Waals surface area contributed by atoms with Crippen molar-refractivity contribution in [2.75, 3.05) is 26.0 Å². The number of carbonyl (C=O) groups is 1. The van der Waals surface area contributed by atoms with Crippen LogP contribution in [0.4, 0.5) is 5.69 Å². The predicted octanol–water partition coefficient (Wildman–Crippen LogP) is 2.51. The lowest BCUT2D eigenvalue weighted by Crippen LogP contribution is -2.29. The minimum atomic E-state index is -0.918. The van der Waals surface area contributed by atoms with Gasteiger partial charge in [0, 0.05) is 22.7 Å². The van der Waals surface area contributed by atoms with E-state index in [0.29, 0.717) is 0 Å². The molecule has 17 heavy (non-hydrogen) atoms. The average Bonchev–Trinajstić information content (AvgIpc) is 2.19. The molecule has 0 amide bonds. The molecular weight excluding hydrogens is 284 g/mol. The Kier molecular flexibility index (Phi) is 4.96. The molecule has 0 aliphatic rings. The molecular formula is C12H17BrN2O2. The van der Waals surface area contributed by atoms with Crippen LogP contribution in [0.1, 0.15) is 17.3 Å². The number of rotatable bonds is 5. The summed E-state index contributed by atoms with van der Waals surface area (Å²) in [4.78, 5) is 12.9. The summed E-state index contributed by atoms with van der Waals surface area (Å²) in [6, 6.07) is 5.27. The fourth-order valence-electron chi connectivity index (χ4n) is 1.62. The number of anilines is 1. The van der Waals surface area contributed by atoms with Crippen LogP contribution in [-0.4, -0.2) is 42.7 Å². The molecule has 2 N–H and O–H groups in total. The van der Waals surface area contributed by atoms with Crippen molar-refractivity contribution in [2.24, 2.45) is 0 Å². The van der Waals surface area contributed by atoms with E-state index in [-0.39, 0.29) is 11.6 Å². The second kappa shape index (κ2) is 6.02. The topological polar surface area (TPSA) is 52.6 Å². The Morgan fingerprint density at radius 2 is 2.18 bits per heavy atom. The smallest absolute Gasteiger partial charge is 0.335 e. The normalized spacial score (nSPS) is 12.5. The van der Waals surface area contributed by atoms with E-state index in [4.69, 9.17) is 5.11 Å². The van der Waals surface area contributed by atoms with Crippen LogP contribution >= 0.6 is 15.9 Å². The molecule has 4 nitrogen and oxygen atoms in total. The van der Waals surface area contributed by atoms with E-state index in [9.17, 15) is 4.79 Å². The van der Waals surface area contributed by atoms with Gasteiger partial charge in [-0.1, -0.05) is 0 Å².